The van der Waals surface area contributed by atoms with Crippen LogP contribution in [0.25, 0.3) is 0 Å². The van der Waals surface area contributed by atoms with Crippen molar-refractivity contribution in [2.24, 2.45) is 9.98 Å². The first-order valence-corrected chi connectivity index (χ1v) is 11.4. The number of allylic oxidation sites excluding steroid dienone is 1. The van der Waals surface area contributed by atoms with E-state index in [2.05, 4.69) is 34.0 Å². The quantitative estimate of drug-likeness (QED) is 0.687. The minimum absolute atomic E-state index is 0.0560. The number of carbonyl (C=O) groups is 2. The Morgan fingerprint density at radius 1 is 1.12 bits per heavy atom. The first-order valence-electron chi connectivity index (χ1n) is 11.4. The van der Waals surface area contributed by atoms with Crippen molar-refractivity contribution in [3.8, 4) is 5.75 Å². The van der Waals surface area contributed by atoms with E-state index in [9.17, 15) is 9.59 Å². The molecule has 176 valence electrons. The highest BCUT2D eigenvalue weighted by molar-refractivity contribution is 6.18. The number of methoxy groups -OCH3 is 1. The number of nitrogens with zero attached hydrogens (tertiary/aromatic N) is 4. The summed E-state index contributed by atoms with van der Waals surface area (Å²) in [5, 5.41) is 2.81. The fourth-order valence-corrected chi connectivity index (χ4v) is 4.02. The first kappa shape index (κ1) is 23.2. The Labute approximate surface area is 199 Å². The molecule has 0 saturated heterocycles. The number of fused-ring (bicyclic) bond motifs is 1. The summed E-state index contributed by atoms with van der Waals surface area (Å²) in [7, 11) is 1.56. The van der Waals surface area contributed by atoms with Gasteiger partial charge in [-0.25, -0.2) is 9.98 Å². The molecule has 2 heterocycles. The number of amides is 2. The van der Waals surface area contributed by atoms with E-state index >= 15 is 0 Å². The molecular weight excluding hydrogens is 430 g/mol. The molecule has 1 N–H and O–H groups in total. The van der Waals surface area contributed by atoms with Gasteiger partial charge in [0.25, 0.3) is 11.8 Å². The van der Waals surface area contributed by atoms with Crippen LogP contribution in [0.15, 0.2) is 70.3 Å². The summed E-state index contributed by atoms with van der Waals surface area (Å²) in [5.41, 5.74) is 3.83. The standard InChI is InChI=1S/C26H29N5O3/c1-4-30(5-2)21-11-9-18(10-12-21)25(33)31-14-13-23-20(17-31)16-27-26(28-23)29-24(32)19-7-6-8-22(15-19)34-3/h6-12,15-17,26H,4-5,13-14H2,1-3H3,(H,29,32). The van der Waals surface area contributed by atoms with Crippen LogP contribution >= 0.6 is 0 Å². The Morgan fingerprint density at radius 2 is 1.88 bits per heavy atom. The summed E-state index contributed by atoms with van der Waals surface area (Å²) in [6.45, 7) is 6.59. The molecule has 2 amide bonds. The van der Waals surface area contributed by atoms with Crippen molar-refractivity contribution in [3.63, 3.8) is 0 Å². The van der Waals surface area contributed by atoms with Gasteiger partial charge in [0, 0.05) is 60.9 Å². The van der Waals surface area contributed by atoms with Crippen molar-refractivity contribution in [2.75, 3.05) is 31.6 Å². The van der Waals surface area contributed by atoms with E-state index < -0.39 is 6.29 Å². The lowest BCUT2D eigenvalue weighted by atomic mass is 10.0. The molecule has 1 unspecified atom stereocenters. The first-order chi connectivity index (χ1) is 16.5. The van der Waals surface area contributed by atoms with Gasteiger partial charge in [0.05, 0.1) is 12.8 Å². The number of rotatable bonds is 7. The van der Waals surface area contributed by atoms with E-state index in [0.29, 0.717) is 29.8 Å². The van der Waals surface area contributed by atoms with Crippen molar-refractivity contribution < 1.29 is 14.3 Å². The molecular formula is C26H29N5O3. The number of nitrogens with one attached hydrogen (secondary N) is 1. The van der Waals surface area contributed by atoms with Gasteiger partial charge in [0.15, 0.2) is 0 Å². The van der Waals surface area contributed by atoms with Gasteiger partial charge in [-0.1, -0.05) is 6.07 Å². The SMILES string of the molecule is CCN(CC)c1ccc(C(=O)N2C=C3C=NC(NC(=O)c4cccc(OC)c4)N=C3CC2)cc1. The normalized spacial score (nSPS) is 16.8. The molecule has 2 aliphatic heterocycles. The van der Waals surface area contributed by atoms with Gasteiger partial charge in [0.1, 0.15) is 5.75 Å². The number of ether oxygens (including phenoxy) is 1. The lowest BCUT2D eigenvalue weighted by molar-refractivity contribution is 0.0822. The summed E-state index contributed by atoms with van der Waals surface area (Å²) in [5.74, 6) is 0.272. The van der Waals surface area contributed by atoms with Gasteiger partial charge >= 0.3 is 0 Å². The average molecular weight is 460 g/mol. The van der Waals surface area contributed by atoms with E-state index in [0.717, 1.165) is 30.1 Å². The van der Waals surface area contributed by atoms with Crippen LogP contribution in [0.2, 0.25) is 0 Å². The third-order valence-electron chi connectivity index (χ3n) is 5.95. The zero-order valence-corrected chi connectivity index (χ0v) is 19.7. The predicted octanol–water partition coefficient (Wildman–Crippen LogP) is 3.51. The van der Waals surface area contributed by atoms with E-state index in [-0.39, 0.29) is 11.8 Å². The van der Waals surface area contributed by atoms with Crippen LogP contribution in [0.1, 0.15) is 41.0 Å². The highest BCUT2D eigenvalue weighted by atomic mass is 16.5. The fourth-order valence-electron chi connectivity index (χ4n) is 4.02. The summed E-state index contributed by atoms with van der Waals surface area (Å²) in [6, 6.07) is 14.6. The van der Waals surface area contributed by atoms with E-state index in [1.807, 2.05) is 24.3 Å². The number of carbonyl (C=O) groups excluding carboxylic acids is 2. The Bertz CT molecular complexity index is 1150. The van der Waals surface area contributed by atoms with Gasteiger partial charge in [-0.3, -0.25) is 9.59 Å². The Morgan fingerprint density at radius 3 is 2.59 bits per heavy atom. The number of benzene rings is 2. The van der Waals surface area contributed by atoms with Crippen LogP contribution in [0, 0.1) is 0 Å². The summed E-state index contributed by atoms with van der Waals surface area (Å²) < 4.78 is 5.17. The fraction of sp³-hybridized carbons (Fsp3) is 0.308. The van der Waals surface area contributed by atoms with Crippen LogP contribution in [-0.4, -0.2) is 61.7 Å². The number of aliphatic imine (C=N–C) groups is 2. The van der Waals surface area contributed by atoms with E-state index in [1.165, 1.54) is 0 Å². The molecule has 2 aromatic carbocycles. The van der Waals surface area contributed by atoms with Crippen LogP contribution in [0.4, 0.5) is 5.69 Å². The molecule has 34 heavy (non-hydrogen) atoms. The highest BCUT2D eigenvalue weighted by Gasteiger charge is 2.25. The Hall–Kier alpha value is -3.94. The second-order valence-corrected chi connectivity index (χ2v) is 7.99. The van der Waals surface area contributed by atoms with Gasteiger partial charge in [-0.2, -0.15) is 0 Å². The lowest BCUT2D eigenvalue weighted by Gasteiger charge is -2.28. The highest BCUT2D eigenvalue weighted by Crippen LogP contribution is 2.21. The van der Waals surface area contributed by atoms with E-state index in [4.69, 9.17) is 4.74 Å². The molecule has 4 rings (SSSR count). The maximum Gasteiger partial charge on any atom is 0.257 e. The monoisotopic (exact) mass is 459 g/mol. The zero-order chi connectivity index (χ0) is 24.1. The second kappa shape index (κ2) is 10.3. The minimum Gasteiger partial charge on any atom is -0.497 e. The molecule has 0 aliphatic carbocycles. The van der Waals surface area contributed by atoms with Crippen molar-refractivity contribution in [1.82, 2.24) is 10.2 Å². The number of hydrogen-bond donors (Lipinski definition) is 1. The van der Waals surface area contributed by atoms with Crippen LogP contribution in [0.5, 0.6) is 5.75 Å². The van der Waals surface area contributed by atoms with E-state index in [1.54, 1.807) is 48.7 Å². The molecule has 1 atom stereocenters. The molecule has 0 spiro atoms. The topological polar surface area (TPSA) is 86.6 Å². The molecule has 8 heteroatoms. The maximum atomic E-state index is 13.0. The van der Waals surface area contributed by atoms with Crippen molar-refractivity contribution in [1.29, 1.82) is 0 Å². The second-order valence-electron chi connectivity index (χ2n) is 7.99. The summed E-state index contributed by atoms with van der Waals surface area (Å²) in [6.07, 6.45) is 3.35. The van der Waals surface area contributed by atoms with Gasteiger partial charge < -0.3 is 19.9 Å². The Kier molecular flexibility index (Phi) is 7.06. The summed E-state index contributed by atoms with van der Waals surface area (Å²) in [4.78, 5) is 38.5. The zero-order valence-electron chi connectivity index (χ0n) is 19.7. The number of hydrogen-bond acceptors (Lipinski definition) is 6. The third kappa shape index (κ3) is 5.01. The largest absolute Gasteiger partial charge is 0.497 e. The van der Waals surface area contributed by atoms with Crippen molar-refractivity contribution in [2.45, 2.75) is 26.6 Å². The molecule has 0 saturated carbocycles. The minimum atomic E-state index is -0.694. The van der Waals surface area contributed by atoms with Crippen LogP contribution in [-0.2, 0) is 0 Å². The molecule has 0 aromatic heterocycles. The third-order valence-corrected chi connectivity index (χ3v) is 5.95. The van der Waals surface area contributed by atoms with Crippen molar-refractivity contribution in [3.05, 3.63) is 71.4 Å². The average Bonchev–Trinajstić information content (AvgIpc) is 2.89. The maximum absolute atomic E-state index is 13.0. The Balaban J connectivity index is 1.42. The van der Waals surface area contributed by atoms with Crippen LogP contribution < -0.4 is 15.0 Å². The predicted molar refractivity (Wildman–Crippen MR) is 134 cm³/mol. The molecule has 0 bridgehead atoms. The molecule has 0 fully saturated rings. The van der Waals surface area contributed by atoms with Gasteiger partial charge in [-0.15, -0.1) is 0 Å². The smallest absolute Gasteiger partial charge is 0.257 e. The number of anilines is 1. The van der Waals surface area contributed by atoms with Gasteiger partial charge in [-0.05, 0) is 56.3 Å². The van der Waals surface area contributed by atoms with Crippen molar-refractivity contribution >= 4 is 29.4 Å². The van der Waals surface area contributed by atoms with Crippen LogP contribution in [0.3, 0.4) is 0 Å². The molecule has 2 aromatic rings. The van der Waals surface area contributed by atoms with Gasteiger partial charge in [0.2, 0.25) is 6.29 Å². The molecule has 2 aliphatic rings. The molecule has 0 radical (unpaired) electrons. The lowest BCUT2D eigenvalue weighted by Crippen LogP contribution is -2.38. The molecule has 8 nitrogen and oxygen atoms in total. The summed E-state index contributed by atoms with van der Waals surface area (Å²) >= 11 is 0.